The van der Waals surface area contributed by atoms with Crippen molar-refractivity contribution in [1.82, 2.24) is 0 Å². The Kier molecular flexibility index (Phi) is 2.13. The van der Waals surface area contributed by atoms with Gasteiger partial charge in [0, 0.05) is 12.0 Å². The van der Waals surface area contributed by atoms with Crippen molar-refractivity contribution in [1.29, 1.82) is 0 Å². The molecule has 0 aromatic heterocycles. The van der Waals surface area contributed by atoms with Crippen LogP contribution in [0.5, 0.6) is 0 Å². The highest BCUT2D eigenvalue weighted by molar-refractivity contribution is 4.97. The van der Waals surface area contributed by atoms with E-state index in [1.165, 1.54) is 32.1 Å². The van der Waals surface area contributed by atoms with Crippen molar-refractivity contribution in [2.75, 3.05) is 6.54 Å². The van der Waals surface area contributed by atoms with Crippen LogP contribution in [0.3, 0.4) is 0 Å². The first-order valence-electron chi connectivity index (χ1n) is 5.12. The van der Waals surface area contributed by atoms with E-state index in [1.807, 2.05) is 0 Å². The van der Waals surface area contributed by atoms with Crippen molar-refractivity contribution in [3.8, 4) is 0 Å². The van der Waals surface area contributed by atoms with Gasteiger partial charge in [0.05, 0.1) is 12.2 Å². The summed E-state index contributed by atoms with van der Waals surface area (Å²) in [7, 11) is 0. The Labute approximate surface area is 74.5 Å². The minimum Gasteiger partial charge on any atom is -0.375 e. The van der Waals surface area contributed by atoms with Crippen LogP contribution >= 0.6 is 0 Å². The van der Waals surface area contributed by atoms with Gasteiger partial charge in [0.25, 0.3) is 0 Å². The van der Waals surface area contributed by atoms with Gasteiger partial charge in [-0.1, -0.05) is 12.8 Å². The van der Waals surface area contributed by atoms with Gasteiger partial charge in [0.1, 0.15) is 0 Å². The van der Waals surface area contributed by atoms with Gasteiger partial charge in [0.2, 0.25) is 0 Å². The molecule has 1 saturated heterocycles. The van der Waals surface area contributed by atoms with Gasteiger partial charge in [-0.05, 0) is 26.2 Å². The third-order valence-corrected chi connectivity index (χ3v) is 3.57. The van der Waals surface area contributed by atoms with Crippen LogP contribution in [-0.4, -0.2) is 18.8 Å². The summed E-state index contributed by atoms with van der Waals surface area (Å²) in [5, 5.41) is 0. The zero-order valence-electron chi connectivity index (χ0n) is 7.88. The average molecular weight is 169 g/mol. The number of hydrogen-bond acceptors (Lipinski definition) is 2. The Balaban J connectivity index is 2.14. The van der Waals surface area contributed by atoms with Crippen LogP contribution in [0.2, 0.25) is 0 Å². The number of ether oxygens (including phenoxy) is 1. The summed E-state index contributed by atoms with van der Waals surface area (Å²) >= 11 is 0. The maximum absolute atomic E-state index is 5.88. The molecule has 2 rings (SSSR count). The predicted molar refractivity (Wildman–Crippen MR) is 48.9 cm³/mol. The number of rotatable bonds is 1. The van der Waals surface area contributed by atoms with Gasteiger partial charge >= 0.3 is 0 Å². The monoisotopic (exact) mass is 169 g/mol. The number of hydrogen-bond donors (Lipinski definition) is 1. The average Bonchev–Trinajstić information content (AvgIpc) is 2.41. The van der Waals surface area contributed by atoms with E-state index in [9.17, 15) is 0 Å². The summed E-state index contributed by atoms with van der Waals surface area (Å²) in [6.07, 6.45) is 7.32. The Morgan fingerprint density at radius 3 is 3.00 bits per heavy atom. The molecule has 2 fully saturated rings. The van der Waals surface area contributed by atoms with E-state index < -0.39 is 0 Å². The summed E-state index contributed by atoms with van der Waals surface area (Å²) in [5.74, 6) is 0. The molecule has 1 saturated carbocycles. The Morgan fingerprint density at radius 1 is 1.50 bits per heavy atom. The van der Waals surface area contributed by atoms with Gasteiger partial charge in [-0.3, -0.25) is 0 Å². The molecule has 0 aromatic carbocycles. The SMILES string of the molecule is C[C@@H]1C[C@@]2(CN)CCCC[C@@H]2O1. The fourth-order valence-corrected chi connectivity index (χ4v) is 2.94. The Hall–Kier alpha value is -0.0800. The van der Waals surface area contributed by atoms with Crippen molar-refractivity contribution in [3.05, 3.63) is 0 Å². The molecule has 1 aliphatic heterocycles. The molecule has 0 spiro atoms. The zero-order chi connectivity index (χ0) is 8.60. The van der Waals surface area contributed by atoms with Gasteiger partial charge in [-0.25, -0.2) is 0 Å². The third kappa shape index (κ3) is 1.17. The number of fused-ring (bicyclic) bond motifs is 1. The van der Waals surface area contributed by atoms with Crippen LogP contribution in [0.4, 0.5) is 0 Å². The first kappa shape index (κ1) is 8.52. The highest BCUT2D eigenvalue weighted by atomic mass is 16.5. The lowest BCUT2D eigenvalue weighted by atomic mass is 9.71. The third-order valence-electron chi connectivity index (χ3n) is 3.57. The van der Waals surface area contributed by atoms with E-state index >= 15 is 0 Å². The minimum atomic E-state index is 0.359. The molecule has 2 heteroatoms. The predicted octanol–water partition coefficient (Wildman–Crippen LogP) is 1.68. The normalized spacial score (nSPS) is 47.5. The standard InChI is InChI=1S/C10H19NO/c1-8-6-10(7-11)5-3-2-4-9(10)12-8/h8-9H,2-7,11H2,1H3/t8-,9+,10-/m1/s1. The number of nitrogens with two attached hydrogens (primary N) is 1. The second-order valence-electron chi connectivity index (χ2n) is 4.45. The Morgan fingerprint density at radius 2 is 2.33 bits per heavy atom. The van der Waals surface area contributed by atoms with E-state index in [0.717, 1.165) is 6.54 Å². The highest BCUT2D eigenvalue weighted by Gasteiger charge is 2.46. The summed E-state index contributed by atoms with van der Waals surface area (Å²) < 4.78 is 5.88. The first-order chi connectivity index (χ1) is 5.77. The molecule has 1 heterocycles. The van der Waals surface area contributed by atoms with E-state index in [-0.39, 0.29) is 0 Å². The lowest BCUT2D eigenvalue weighted by Crippen LogP contribution is -2.40. The summed E-state index contributed by atoms with van der Waals surface area (Å²) in [6, 6.07) is 0. The van der Waals surface area contributed by atoms with Crippen molar-refractivity contribution < 1.29 is 4.74 Å². The quantitative estimate of drug-likeness (QED) is 0.648. The minimum absolute atomic E-state index is 0.359. The van der Waals surface area contributed by atoms with Gasteiger partial charge in [0.15, 0.2) is 0 Å². The summed E-state index contributed by atoms with van der Waals surface area (Å²) in [6.45, 7) is 3.00. The maximum Gasteiger partial charge on any atom is 0.0647 e. The van der Waals surface area contributed by atoms with E-state index in [0.29, 0.717) is 17.6 Å². The fraction of sp³-hybridized carbons (Fsp3) is 1.00. The van der Waals surface area contributed by atoms with Gasteiger partial charge < -0.3 is 10.5 Å². The second-order valence-corrected chi connectivity index (χ2v) is 4.45. The summed E-state index contributed by atoms with van der Waals surface area (Å²) in [5.41, 5.74) is 6.22. The highest BCUT2D eigenvalue weighted by Crippen LogP contribution is 2.46. The molecular formula is C10H19NO. The molecule has 0 unspecified atom stereocenters. The molecule has 0 amide bonds. The van der Waals surface area contributed by atoms with Crippen LogP contribution < -0.4 is 5.73 Å². The second kappa shape index (κ2) is 3.00. The molecule has 0 radical (unpaired) electrons. The molecule has 2 aliphatic rings. The van der Waals surface area contributed by atoms with Crippen LogP contribution in [0.25, 0.3) is 0 Å². The van der Waals surface area contributed by atoms with Crippen molar-refractivity contribution in [2.45, 2.75) is 51.2 Å². The lowest BCUT2D eigenvalue weighted by Gasteiger charge is -2.36. The van der Waals surface area contributed by atoms with Gasteiger partial charge in [-0.2, -0.15) is 0 Å². The molecular weight excluding hydrogens is 150 g/mol. The van der Waals surface area contributed by atoms with Crippen LogP contribution in [0.15, 0.2) is 0 Å². The molecule has 2 N–H and O–H groups in total. The van der Waals surface area contributed by atoms with E-state index in [4.69, 9.17) is 10.5 Å². The molecule has 1 aliphatic carbocycles. The zero-order valence-corrected chi connectivity index (χ0v) is 7.88. The molecule has 2 nitrogen and oxygen atoms in total. The largest absolute Gasteiger partial charge is 0.375 e. The van der Waals surface area contributed by atoms with Crippen LogP contribution in [0, 0.1) is 5.41 Å². The first-order valence-corrected chi connectivity index (χ1v) is 5.12. The molecule has 0 bridgehead atoms. The van der Waals surface area contributed by atoms with Crippen molar-refractivity contribution >= 4 is 0 Å². The van der Waals surface area contributed by atoms with Crippen LogP contribution in [0.1, 0.15) is 39.0 Å². The van der Waals surface area contributed by atoms with Crippen molar-refractivity contribution in [2.24, 2.45) is 11.1 Å². The van der Waals surface area contributed by atoms with E-state index in [1.54, 1.807) is 0 Å². The maximum atomic E-state index is 5.88. The molecule has 70 valence electrons. The van der Waals surface area contributed by atoms with Gasteiger partial charge in [-0.15, -0.1) is 0 Å². The molecule has 3 atom stereocenters. The van der Waals surface area contributed by atoms with E-state index in [2.05, 4.69) is 6.92 Å². The smallest absolute Gasteiger partial charge is 0.0647 e. The lowest BCUT2D eigenvalue weighted by molar-refractivity contribution is -0.00327. The van der Waals surface area contributed by atoms with Crippen LogP contribution in [-0.2, 0) is 4.74 Å². The Bertz CT molecular complexity index is 171. The topological polar surface area (TPSA) is 35.2 Å². The van der Waals surface area contributed by atoms with Crippen molar-refractivity contribution in [3.63, 3.8) is 0 Å². The summed E-state index contributed by atoms with van der Waals surface area (Å²) in [4.78, 5) is 0. The fourth-order valence-electron chi connectivity index (χ4n) is 2.94. The molecule has 12 heavy (non-hydrogen) atoms. The molecule has 0 aromatic rings.